The van der Waals surface area contributed by atoms with Crippen LogP contribution in [0.25, 0.3) is 0 Å². The van der Waals surface area contributed by atoms with Crippen LogP contribution < -0.4 is 5.73 Å². The Morgan fingerprint density at radius 2 is 2.32 bits per heavy atom. The van der Waals surface area contributed by atoms with Crippen molar-refractivity contribution in [3.63, 3.8) is 0 Å². The summed E-state index contributed by atoms with van der Waals surface area (Å²) in [7, 11) is 1.90. The molecular formula is C15H23N3O. The molecule has 2 unspecified atom stereocenters. The van der Waals surface area contributed by atoms with Crippen LogP contribution in [0.4, 0.5) is 0 Å². The van der Waals surface area contributed by atoms with Crippen molar-refractivity contribution in [1.29, 1.82) is 0 Å². The molecule has 0 radical (unpaired) electrons. The summed E-state index contributed by atoms with van der Waals surface area (Å²) in [5, 5.41) is 0. The van der Waals surface area contributed by atoms with E-state index in [1.165, 1.54) is 6.42 Å². The highest BCUT2D eigenvalue weighted by molar-refractivity contribution is 5.78. The summed E-state index contributed by atoms with van der Waals surface area (Å²) in [5.74, 6) is 0.603. The average Bonchev–Trinajstić information content (AvgIpc) is 2.88. The van der Waals surface area contributed by atoms with Gasteiger partial charge in [-0.15, -0.1) is 0 Å². The number of aryl methyl sites for hydroxylation is 1. The van der Waals surface area contributed by atoms with E-state index in [9.17, 15) is 4.79 Å². The number of aromatic nitrogens is 1. The maximum atomic E-state index is 12.4. The molecule has 104 valence electrons. The molecule has 19 heavy (non-hydrogen) atoms. The number of carbonyl (C=O) groups is 1. The molecule has 2 rings (SSSR count). The Morgan fingerprint density at radius 1 is 1.53 bits per heavy atom. The molecule has 1 amide bonds. The number of nitrogens with zero attached hydrogens (tertiary/aromatic N) is 2. The van der Waals surface area contributed by atoms with Crippen LogP contribution in [-0.2, 0) is 11.2 Å². The second-order valence-corrected chi connectivity index (χ2v) is 5.44. The highest BCUT2D eigenvalue weighted by Gasteiger charge is 2.31. The second-order valence-electron chi connectivity index (χ2n) is 5.44. The Bertz CT molecular complexity index is 447. The van der Waals surface area contributed by atoms with E-state index in [2.05, 4.69) is 4.98 Å². The molecule has 0 aliphatic heterocycles. The van der Waals surface area contributed by atoms with Crippen LogP contribution in [0.15, 0.2) is 18.3 Å². The Morgan fingerprint density at radius 3 is 3.00 bits per heavy atom. The summed E-state index contributed by atoms with van der Waals surface area (Å²) in [6.07, 6.45) is 5.52. The molecule has 2 atom stereocenters. The van der Waals surface area contributed by atoms with E-state index in [1.807, 2.05) is 31.0 Å². The van der Waals surface area contributed by atoms with E-state index in [-0.39, 0.29) is 5.91 Å². The zero-order valence-electron chi connectivity index (χ0n) is 11.8. The smallest absolute Gasteiger partial charge is 0.228 e. The van der Waals surface area contributed by atoms with Gasteiger partial charge in [0.15, 0.2) is 0 Å². The molecule has 1 aromatic rings. The van der Waals surface area contributed by atoms with Crippen molar-refractivity contribution >= 4 is 5.91 Å². The highest BCUT2D eigenvalue weighted by Crippen LogP contribution is 2.28. The minimum absolute atomic E-state index is 0.146. The van der Waals surface area contributed by atoms with Crippen molar-refractivity contribution in [2.75, 3.05) is 13.6 Å². The lowest BCUT2D eigenvalue weighted by Crippen LogP contribution is -2.42. The van der Waals surface area contributed by atoms with Crippen LogP contribution in [0, 0.1) is 12.8 Å². The summed E-state index contributed by atoms with van der Waals surface area (Å²) in [4.78, 5) is 18.5. The summed E-state index contributed by atoms with van der Waals surface area (Å²) >= 11 is 0. The lowest BCUT2D eigenvalue weighted by atomic mass is 10.0. The molecule has 0 spiro atoms. The van der Waals surface area contributed by atoms with Gasteiger partial charge in [0.1, 0.15) is 0 Å². The second kappa shape index (κ2) is 6.15. The SMILES string of the molecule is Cc1cccnc1CC(=O)N(C)C1CCCC1CN. The van der Waals surface area contributed by atoms with Gasteiger partial charge in [-0.05, 0) is 43.9 Å². The molecule has 1 fully saturated rings. The maximum absolute atomic E-state index is 12.4. The Hall–Kier alpha value is -1.42. The first-order chi connectivity index (χ1) is 9.13. The number of nitrogens with two attached hydrogens (primary N) is 1. The number of likely N-dealkylation sites (N-methyl/N-ethyl adjacent to an activating group) is 1. The van der Waals surface area contributed by atoms with E-state index in [0.717, 1.165) is 24.1 Å². The highest BCUT2D eigenvalue weighted by atomic mass is 16.2. The van der Waals surface area contributed by atoms with E-state index in [0.29, 0.717) is 24.9 Å². The molecule has 1 aliphatic rings. The third-order valence-corrected chi connectivity index (χ3v) is 4.25. The minimum Gasteiger partial charge on any atom is -0.342 e. The quantitative estimate of drug-likeness (QED) is 0.894. The van der Waals surface area contributed by atoms with Gasteiger partial charge in [-0.25, -0.2) is 0 Å². The molecule has 1 saturated carbocycles. The van der Waals surface area contributed by atoms with Crippen molar-refractivity contribution < 1.29 is 4.79 Å². The molecule has 0 aromatic carbocycles. The molecule has 0 saturated heterocycles. The molecule has 1 heterocycles. The molecule has 1 aromatic heterocycles. The Balaban J connectivity index is 2.02. The fraction of sp³-hybridized carbons (Fsp3) is 0.600. The van der Waals surface area contributed by atoms with E-state index < -0.39 is 0 Å². The van der Waals surface area contributed by atoms with E-state index in [4.69, 9.17) is 5.73 Å². The number of amides is 1. The van der Waals surface area contributed by atoms with Crippen LogP contribution in [-0.4, -0.2) is 35.4 Å². The van der Waals surface area contributed by atoms with Gasteiger partial charge in [0.25, 0.3) is 0 Å². The zero-order chi connectivity index (χ0) is 13.8. The van der Waals surface area contributed by atoms with Gasteiger partial charge in [-0.3, -0.25) is 9.78 Å². The van der Waals surface area contributed by atoms with Gasteiger partial charge in [0.2, 0.25) is 5.91 Å². The van der Waals surface area contributed by atoms with Crippen LogP contribution in [0.3, 0.4) is 0 Å². The average molecular weight is 261 g/mol. The molecular weight excluding hydrogens is 238 g/mol. The van der Waals surface area contributed by atoms with Crippen LogP contribution in [0.5, 0.6) is 0 Å². The predicted octanol–water partition coefficient (Wildman–Crippen LogP) is 1.52. The van der Waals surface area contributed by atoms with Gasteiger partial charge in [0, 0.05) is 19.3 Å². The Kier molecular flexibility index (Phi) is 4.53. The molecule has 0 bridgehead atoms. The topological polar surface area (TPSA) is 59.2 Å². The Labute approximate surface area is 115 Å². The van der Waals surface area contributed by atoms with Crippen molar-refractivity contribution in [2.24, 2.45) is 11.7 Å². The van der Waals surface area contributed by atoms with Crippen molar-refractivity contribution in [1.82, 2.24) is 9.88 Å². The lowest BCUT2D eigenvalue weighted by Gasteiger charge is -2.29. The molecule has 1 aliphatic carbocycles. The first-order valence-electron chi connectivity index (χ1n) is 6.99. The molecule has 4 heteroatoms. The monoisotopic (exact) mass is 261 g/mol. The van der Waals surface area contributed by atoms with Crippen molar-refractivity contribution in [3.05, 3.63) is 29.6 Å². The van der Waals surface area contributed by atoms with Gasteiger partial charge in [0.05, 0.1) is 12.1 Å². The zero-order valence-corrected chi connectivity index (χ0v) is 11.8. The first-order valence-corrected chi connectivity index (χ1v) is 6.99. The number of pyridine rings is 1. The van der Waals surface area contributed by atoms with Gasteiger partial charge in [-0.1, -0.05) is 12.5 Å². The van der Waals surface area contributed by atoms with Crippen molar-refractivity contribution in [2.45, 2.75) is 38.6 Å². The maximum Gasteiger partial charge on any atom is 0.228 e. The third kappa shape index (κ3) is 3.13. The van der Waals surface area contributed by atoms with Crippen LogP contribution in [0.2, 0.25) is 0 Å². The fourth-order valence-corrected chi connectivity index (χ4v) is 2.96. The van der Waals surface area contributed by atoms with Crippen LogP contribution >= 0.6 is 0 Å². The molecule has 2 N–H and O–H groups in total. The lowest BCUT2D eigenvalue weighted by molar-refractivity contribution is -0.131. The molecule has 4 nitrogen and oxygen atoms in total. The normalized spacial score (nSPS) is 22.5. The van der Waals surface area contributed by atoms with Crippen LogP contribution in [0.1, 0.15) is 30.5 Å². The number of hydrogen-bond acceptors (Lipinski definition) is 3. The standard InChI is InChI=1S/C15H23N3O/c1-11-5-4-8-17-13(11)9-15(19)18(2)14-7-3-6-12(14)10-16/h4-5,8,12,14H,3,6-7,9-10,16H2,1-2H3. The predicted molar refractivity (Wildman–Crippen MR) is 75.6 cm³/mol. The third-order valence-electron chi connectivity index (χ3n) is 4.25. The summed E-state index contributed by atoms with van der Waals surface area (Å²) in [6.45, 7) is 2.67. The number of carbonyl (C=O) groups excluding carboxylic acids is 1. The summed E-state index contributed by atoms with van der Waals surface area (Å²) in [6, 6.07) is 4.20. The van der Waals surface area contributed by atoms with Gasteiger partial charge < -0.3 is 10.6 Å². The largest absolute Gasteiger partial charge is 0.342 e. The van der Waals surface area contributed by atoms with Gasteiger partial charge >= 0.3 is 0 Å². The first kappa shape index (κ1) is 14.0. The summed E-state index contributed by atoms with van der Waals surface area (Å²) in [5.41, 5.74) is 7.74. The number of rotatable bonds is 4. The summed E-state index contributed by atoms with van der Waals surface area (Å²) < 4.78 is 0. The van der Waals surface area contributed by atoms with Gasteiger partial charge in [-0.2, -0.15) is 0 Å². The van der Waals surface area contributed by atoms with Crippen molar-refractivity contribution in [3.8, 4) is 0 Å². The minimum atomic E-state index is 0.146. The fourth-order valence-electron chi connectivity index (χ4n) is 2.96. The van der Waals surface area contributed by atoms with E-state index >= 15 is 0 Å². The van der Waals surface area contributed by atoms with E-state index in [1.54, 1.807) is 6.20 Å². The number of hydrogen-bond donors (Lipinski definition) is 1.